The quantitative estimate of drug-likeness (QED) is 0.850. The smallest absolute Gasteiger partial charge is 0.134 e. The Labute approximate surface area is 156 Å². The molecule has 1 aromatic carbocycles. The summed E-state index contributed by atoms with van der Waals surface area (Å²) in [5.41, 5.74) is -0.00662. The van der Waals surface area contributed by atoms with Crippen molar-refractivity contribution in [3.63, 3.8) is 0 Å². The summed E-state index contributed by atoms with van der Waals surface area (Å²) in [6.07, 6.45) is 6.02. The van der Waals surface area contributed by atoms with Gasteiger partial charge in [0, 0.05) is 43.3 Å². The van der Waals surface area contributed by atoms with Crippen LogP contribution in [-0.4, -0.2) is 53.2 Å². The second-order valence-electron chi connectivity index (χ2n) is 9.16. The van der Waals surface area contributed by atoms with Gasteiger partial charge in [0.25, 0.3) is 0 Å². The Bertz CT molecular complexity index is 642. The predicted molar refractivity (Wildman–Crippen MR) is 101 cm³/mol. The predicted octanol–water partition coefficient (Wildman–Crippen LogP) is 2.42. The second kappa shape index (κ2) is 7.06. The summed E-state index contributed by atoms with van der Waals surface area (Å²) in [7, 11) is 0. The molecule has 142 valence electrons. The average Bonchev–Trinajstić information content (AvgIpc) is 3.11. The van der Waals surface area contributed by atoms with Gasteiger partial charge in [-0.25, -0.2) is 0 Å². The molecule has 1 aromatic rings. The van der Waals surface area contributed by atoms with E-state index in [2.05, 4.69) is 17.0 Å². The Kier molecular flexibility index (Phi) is 4.93. The lowest BCUT2D eigenvalue weighted by Crippen LogP contribution is -2.68. The number of Topliss-reactive ketones (excluding diaryl/α,β-unsaturated/α-hetero) is 1. The molecule has 0 aromatic heterocycles. The van der Waals surface area contributed by atoms with E-state index in [4.69, 9.17) is 0 Å². The normalized spacial score (nSPS) is 35.8. The van der Waals surface area contributed by atoms with Crippen molar-refractivity contribution in [3.8, 4) is 0 Å². The number of rotatable bonds is 5. The Morgan fingerprint density at radius 2 is 1.69 bits per heavy atom. The Morgan fingerprint density at radius 1 is 1.04 bits per heavy atom. The number of carbonyl (C=O) groups is 1. The van der Waals surface area contributed by atoms with Gasteiger partial charge >= 0.3 is 0 Å². The van der Waals surface area contributed by atoms with Gasteiger partial charge in [-0.05, 0) is 30.7 Å². The van der Waals surface area contributed by atoms with Crippen LogP contribution in [0.4, 0.5) is 0 Å². The van der Waals surface area contributed by atoms with Gasteiger partial charge in [-0.15, -0.1) is 0 Å². The third kappa shape index (κ3) is 3.23. The van der Waals surface area contributed by atoms with Crippen LogP contribution in [0.1, 0.15) is 44.1 Å². The summed E-state index contributed by atoms with van der Waals surface area (Å²) >= 11 is 0. The molecule has 1 unspecified atom stereocenters. The summed E-state index contributed by atoms with van der Waals surface area (Å²) in [5, 5.41) is 21.5. The minimum absolute atomic E-state index is 0.113. The number of carbonyl (C=O) groups excluding carboxylic acids is 1. The molecule has 3 fully saturated rings. The number of benzene rings is 1. The van der Waals surface area contributed by atoms with E-state index in [-0.39, 0.29) is 12.4 Å². The average molecular weight is 357 g/mol. The molecule has 2 bridgehead atoms. The highest BCUT2D eigenvalue weighted by atomic mass is 16.3. The topological polar surface area (TPSA) is 60.8 Å². The minimum atomic E-state index is -0.693. The Hall–Kier alpha value is -1.23. The van der Waals surface area contributed by atoms with Crippen molar-refractivity contribution in [3.05, 3.63) is 35.9 Å². The lowest BCUT2D eigenvalue weighted by atomic mass is 9.55. The van der Waals surface area contributed by atoms with Crippen LogP contribution >= 0.6 is 0 Å². The molecule has 4 rings (SSSR count). The van der Waals surface area contributed by atoms with Crippen molar-refractivity contribution in [2.45, 2.75) is 51.0 Å². The molecular weight excluding hydrogens is 326 g/mol. The van der Waals surface area contributed by atoms with E-state index in [1.54, 1.807) is 0 Å². The maximum absolute atomic E-state index is 12.6. The van der Waals surface area contributed by atoms with Crippen LogP contribution in [0.15, 0.2) is 30.3 Å². The molecular formula is C22H31NO3. The van der Waals surface area contributed by atoms with Crippen LogP contribution in [0.25, 0.3) is 0 Å². The van der Waals surface area contributed by atoms with Crippen molar-refractivity contribution in [1.29, 1.82) is 0 Å². The van der Waals surface area contributed by atoms with E-state index in [1.165, 1.54) is 25.7 Å². The van der Waals surface area contributed by atoms with Crippen molar-refractivity contribution < 1.29 is 15.0 Å². The maximum atomic E-state index is 12.6. The van der Waals surface area contributed by atoms with Gasteiger partial charge in [0.05, 0.1) is 12.7 Å². The van der Waals surface area contributed by atoms with Gasteiger partial charge in [0.2, 0.25) is 0 Å². The number of hydrogen-bond donors (Lipinski definition) is 2. The second-order valence-corrected chi connectivity index (χ2v) is 9.16. The first-order valence-electron chi connectivity index (χ1n) is 10.1. The van der Waals surface area contributed by atoms with E-state index in [9.17, 15) is 15.0 Å². The molecule has 3 atom stereocenters. The molecule has 4 nitrogen and oxygen atoms in total. The zero-order valence-electron chi connectivity index (χ0n) is 15.6. The number of aliphatic hydroxyl groups excluding tert-OH is 2. The van der Waals surface area contributed by atoms with Crippen molar-refractivity contribution in [2.75, 3.05) is 26.2 Å². The van der Waals surface area contributed by atoms with Crippen LogP contribution in [0.2, 0.25) is 0 Å². The Balaban J connectivity index is 1.64. The SMILES string of the molecule is O=C1C[C@@]2(CO)CN(CC3CCCC3)C[C@@](Cc3ccccc3)(C1)C2O. The molecule has 0 amide bonds. The first kappa shape index (κ1) is 18.1. The van der Waals surface area contributed by atoms with Crippen LogP contribution in [0.3, 0.4) is 0 Å². The third-order valence-corrected chi connectivity index (χ3v) is 7.04. The largest absolute Gasteiger partial charge is 0.396 e. The number of ketones is 1. The van der Waals surface area contributed by atoms with Crippen LogP contribution in [0.5, 0.6) is 0 Å². The van der Waals surface area contributed by atoms with Gasteiger partial charge in [0.15, 0.2) is 0 Å². The van der Waals surface area contributed by atoms with Gasteiger partial charge in [-0.2, -0.15) is 0 Å². The number of fused-ring (bicyclic) bond motifs is 2. The zero-order valence-corrected chi connectivity index (χ0v) is 15.6. The summed E-state index contributed by atoms with van der Waals surface area (Å²) in [5.74, 6) is 0.923. The molecule has 2 aliphatic carbocycles. The lowest BCUT2D eigenvalue weighted by Gasteiger charge is -2.58. The van der Waals surface area contributed by atoms with Crippen molar-refractivity contribution >= 4 is 5.78 Å². The molecule has 2 saturated carbocycles. The number of piperidine rings is 1. The van der Waals surface area contributed by atoms with E-state index in [0.717, 1.165) is 24.6 Å². The fraction of sp³-hybridized carbons (Fsp3) is 0.682. The minimum Gasteiger partial charge on any atom is -0.396 e. The highest BCUT2D eigenvalue weighted by Gasteiger charge is 2.59. The number of nitrogens with zero attached hydrogens (tertiary/aromatic N) is 1. The zero-order chi connectivity index (χ0) is 18.2. The fourth-order valence-electron chi connectivity index (χ4n) is 6.02. The van der Waals surface area contributed by atoms with Crippen molar-refractivity contribution in [2.24, 2.45) is 16.7 Å². The number of likely N-dealkylation sites (tertiary alicyclic amines) is 1. The monoisotopic (exact) mass is 357 g/mol. The van der Waals surface area contributed by atoms with Crippen LogP contribution < -0.4 is 0 Å². The van der Waals surface area contributed by atoms with Crippen molar-refractivity contribution in [1.82, 2.24) is 4.90 Å². The Morgan fingerprint density at radius 3 is 2.38 bits per heavy atom. The molecule has 3 aliphatic rings. The van der Waals surface area contributed by atoms with Gasteiger partial charge < -0.3 is 15.1 Å². The summed E-state index contributed by atoms with van der Waals surface area (Å²) in [6.45, 7) is 2.33. The van der Waals surface area contributed by atoms with Gasteiger partial charge in [-0.3, -0.25) is 4.79 Å². The molecule has 0 spiro atoms. The molecule has 1 aliphatic heterocycles. The summed E-state index contributed by atoms with van der Waals surface area (Å²) in [4.78, 5) is 15.0. The van der Waals surface area contributed by atoms with E-state index in [0.29, 0.717) is 25.8 Å². The third-order valence-electron chi connectivity index (χ3n) is 7.04. The molecule has 2 N–H and O–H groups in total. The fourth-order valence-corrected chi connectivity index (χ4v) is 6.02. The molecule has 1 heterocycles. The first-order valence-corrected chi connectivity index (χ1v) is 10.1. The first-order chi connectivity index (χ1) is 12.6. The molecule has 26 heavy (non-hydrogen) atoms. The van der Waals surface area contributed by atoms with E-state index < -0.39 is 16.9 Å². The standard InChI is InChI=1S/C22H31NO3/c24-16-22-12-19(25)11-21(20(22)26,10-17-6-2-1-3-7-17)14-23(15-22)13-18-8-4-5-9-18/h1-3,6-7,18,20,24,26H,4-5,8-16H2/t20?,21-,22+/m1/s1. The van der Waals surface area contributed by atoms with E-state index in [1.807, 2.05) is 18.2 Å². The van der Waals surface area contributed by atoms with Crippen LogP contribution in [-0.2, 0) is 11.2 Å². The number of hydrogen-bond acceptors (Lipinski definition) is 4. The highest BCUT2D eigenvalue weighted by Crippen LogP contribution is 2.51. The molecule has 0 radical (unpaired) electrons. The lowest BCUT2D eigenvalue weighted by molar-refractivity contribution is -0.187. The molecule has 1 saturated heterocycles. The van der Waals surface area contributed by atoms with Gasteiger partial charge in [-0.1, -0.05) is 43.2 Å². The molecule has 4 heteroatoms. The van der Waals surface area contributed by atoms with E-state index >= 15 is 0 Å². The maximum Gasteiger partial charge on any atom is 0.134 e. The van der Waals surface area contributed by atoms with Gasteiger partial charge in [0.1, 0.15) is 5.78 Å². The number of aliphatic hydroxyl groups is 2. The van der Waals surface area contributed by atoms with Crippen LogP contribution in [0, 0.1) is 16.7 Å². The summed E-state index contributed by atoms with van der Waals surface area (Å²) < 4.78 is 0. The highest BCUT2D eigenvalue weighted by molar-refractivity contribution is 5.81. The summed E-state index contributed by atoms with van der Waals surface area (Å²) in [6, 6.07) is 10.2.